The predicted molar refractivity (Wildman–Crippen MR) is 72.7 cm³/mol. The SMILES string of the molecule is CC1CCCN(C(CN)c2cc(F)cc(F)c2)CC1. The number of benzene rings is 1. The smallest absolute Gasteiger partial charge is 0.126 e. The molecule has 1 saturated heterocycles. The molecular weight excluding hydrogens is 246 g/mol. The molecule has 2 rings (SSSR count). The molecule has 0 bridgehead atoms. The van der Waals surface area contributed by atoms with E-state index in [0.717, 1.165) is 32.0 Å². The second kappa shape index (κ2) is 6.44. The summed E-state index contributed by atoms with van der Waals surface area (Å²) in [5.41, 5.74) is 6.48. The van der Waals surface area contributed by atoms with Crippen LogP contribution < -0.4 is 5.73 Å². The molecular formula is C15H22F2N2. The Morgan fingerprint density at radius 1 is 1.21 bits per heavy atom. The maximum absolute atomic E-state index is 13.3. The van der Waals surface area contributed by atoms with E-state index in [1.165, 1.54) is 18.6 Å². The van der Waals surface area contributed by atoms with Crippen LogP contribution in [0, 0.1) is 17.6 Å². The van der Waals surface area contributed by atoms with Crippen LogP contribution in [0.25, 0.3) is 0 Å². The van der Waals surface area contributed by atoms with Gasteiger partial charge in [-0.1, -0.05) is 6.92 Å². The van der Waals surface area contributed by atoms with Crippen molar-refractivity contribution in [3.8, 4) is 0 Å². The Morgan fingerprint density at radius 2 is 1.89 bits per heavy atom. The molecule has 1 aliphatic rings. The Labute approximate surface area is 113 Å². The first-order valence-corrected chi connectivity index (χ1v) is 7.00. The number of hydrogen-bond acceptors (Lipinski definition) is 2. The van der Waals surface area contributed by atoms with Crippen LogP contribution in [0.1, 0.15) is 37.8 Å². The lowest BCUT2D eigenvalue weighted by Crippen LogP contribution is -2.34. The van der Waals surface area contributed by atoms with Crippen molar-refractivity contribution in [2.75, 3.05) is 19.6 Å². The van der Waals surface area contributed by atoms with Crippen molar-refractivity contribution in [3.63, 3.8) is 0 Å². The van der Waals surface area contributed by atoms with E-state index in [9.17, 15) is 8.78 Å². The second-order valence-electron chi connectivity index (χ2n) is 5.53. The highest BCUT2D eigenvalue weighted by Crippen LogP contribution is 2.26. The Hall–Kier alpha value is -1.00. The van der Waals surface area contributed by atoms with E-state index in [1.807, 2.05) is 0 Å². The van der Waals surface area contributed by atoms with Gasteiger partial charge in [0.15, 0.2) is 0 Å². The summed E-state index contributed by atoms with van der Waals surface area (Å²) >= 11 is 0. The molecule has 1 heterocycles. The van der Waals surface area contributed by atoms with Gasteiger partial charge in [-0.15, -0.1) is 0 Å². The first kappa shape index (κ1) is 14.4. The van der Waals surface area contributed by atoms with Crippen molar-refractivity contribution in [1.82, 2.24) is 4.90 Å². The molecule has 4 heteroatoms. The lowest BCUT2D eigenvalue weighted by molar-refractivity contribution is 0.207. The summed E-state index contributed by atoms with van der Waals surface area (Å²) in [4.78, 5) is 2.26. The average molecular weight is 268 g/mol. The number of rotatable bonds is 3. The fourth-order valence-electron chi connectivity index (χ4n) is 2.86. The summed E-state index contributed by atoms with van der Waals surface area (Å²) in [7, 11) is 0. The molecule has 2 unspecified atom stereocenters. The highest BCUT2D eigenvalue weighted by atomic mass is 19.1. The fraction of sp³-hybridized carbons (Fsp3) is 0.600. The van der Waals surface area contributed by atoms with E-state index in [0.29, 0.717) is 18.0 Å². The van der Waals surface area contributed by atoms with Gasteiger partial charge < -0.3 is 5.73 Å². The Kier molecular flexibility index (Phi) is 4.88. The molecule has 0 amide bonds. The lowest BCUT2D eigenvalue weighted by atomic mass is 10.0. The normalized spacial score (nSPS) is 23.1. The Morgan fingerprint density at radius 3 is 2.53 bits per heavy atom. The molecule has 2 atom stereocenters. The summed E-state index contributed by atoms with van der Waals surface area (Å²) in [6.45, 7) is 4.53. The van der Waals surface area contributed by atoms with Gasteiger partial charge in [-0.05, 0) is 56.0 Å². The van der Waals surface area contributed by atoms with Gasteiger partial charge in [-0.3, -0.25) is 4.90 Å². The topological polar surface area (TPSA) is 29.3 Å². The maximum Gasteiger partial charge on any atom is 0.126 e. The summed E-state index contributed by atoms with van der Waals surface area (Å²) in [5, 5.41) is 0. The second-order valence-corrected chi connectivity index (χ2v) is 5.53. The first-order valence-electron chi connectivity index (χ1n) is 7.00. The summed E-state index contributed by atoms with van der Waals surface area (Å²) in [6, 6.07) is 3.61. The zero-order valence-corrected chi connectivity index (χ0v) is 11.4. The van der Waals surface area contributed by atoms with Gasteiger partial charge in [0.1, 0.15) is 11.6 Å². The monoisotopic (exact) mass is 268 g/mol. The molecule has 0 saturated carbocycles. The molecule has 19 heavy (non-hydrogen) atoms. The van der Waals surface area contributed by atoms with Crippen molar-refractivity contribution in [2.45, 2.75) is 32.2 Å². The molecule has 1 fully saturated rings. The molecule has 0 aliphatic carbocycles. The van der Waals surface area contributed by atoms with E-state index in [-0.39, 0.29) is 6.04 Å². The van der Waals surface area contributed by atoms with E-state index < -0.39 is 11.6 Å². The van der Waals surface area contributed by atoms with Gasteiger partial charge in [-0.25, -0.2) is 8.78 Å². The molecule has 1 aromatic rings. The molecule has 1 aliphatic heterocycles. The van der Waals surface area contributed by atoms with Crippen molar-refractivity contribution < 1.29 is 8.78 Å². The van der Waals surface area contributed by atoms with Gasteiger partial charge in [0.25, 0.3) is 0 Å². The number of likely N-dealkylation sites (tertiary alicyclic amines) is 1. The van der Waals surface area contributed by atoms with Crippen LogP contribution in [-0.2, 0) is 0 Å². The van der Waals surface area contributed by atoms with Crippen LogP contribution in [0.5, 0.6) is 0 Å². The van der Waals surface area contributed by atoms with Gasteiger partial charge in [0.2, 0.25) is 0 Å². The Bertz CT molecular complexity index is 402. The maximum atomic E-state index is 13.3. The quantitative estimate of drug-likeness (QED) is 0.912. The molecule has 2 nitrogen and oxygen atoms in total. The van der Waals surface area contributed by atoms with Crippen LogP contribution in [-0.4, -0.2) is 24.5 Å². The van der Waals surface area contributed by atoms with Crippen molar-refractivity contribution >= 4 is 0 Å². The van der Waals surface area contributed by atoms with E-state index in [1.54, 1.807) is 0 Å². The van der Waals surface area contributed by atoms with Crippen molar-refractivity contribution in [3.05, 3.63) is 35.4 Å². The third-order valence-corrected chi connectivity index (χ3v) is 3.99. The summed E-state index contributed by atoms with van der Waals surface area (Å²) in [5.74, 6) is -0.346. The zero-order valence-electron chi connectivity index (χ0n) is 11.4. The van der Waals surface area contributed by atoms with Gasteiger partial charge in [0, 0.05) is 18.7 Å². The Balaban J connectivity index is 2.18. The zero-order chi connectivity index (χ0) is 13.8. The van der Waals surface area contributed by atoms with Crippen LogP contribution >= 0.6 is 0 Å². The minimum absolute atomic E-state index is 0.0875. The molecule has 106 valence electrons. The third kappa shape index (κ3) is 3.74. The highest BCUT2D eigenvalue weighted by Gasteiger charge is 2.22. The third-order valence-electron chi connectivity index (χ3n) is 3.99. The first-order chi connectivity index (χ1) is 9.10. The minimum Gasteiger partial charge on any atom is -0.329 e. The van der Waals surface area contributed by atoms with Crippen LogP contribution in [0.15, 0.2) is 18.2 Å². The average Bonchev–Trinajstić information content (AvgIpc) is 2.54. The lowest BCUT2D eigenvalue weighted by Gasteiger charge is -2.30. The number of hydrogen-bond donors (Lipinski definition) is 1. The number of nitrogens with two attached hydrogens (primary N) is 1. The van der Waals surface area contributed by atoms with Crippen molar-refractivity contribution in [1.29, 1.82) is 0 Å². The predicted octanol–water partition coefficient (Wildman–Crippen LogP) is 3.09. The number of nitrogens with zero attached hydrogens (tertiary/aromatic N) is 1. The molecule has 1 aromatic carbocycles. The largest absolute Gasteiger partial charge is 0.329 e. The van der Waals surface area contributed by atoms with Crippen molar-refractivity contribution in [2.24, 2.45) is 11.7 Å². The van der Waals surface area contributed by atoms with Crippen LogP contribution in [0.2, 0.25) is 0 Å². The highest BCUT2D eigenvalue weighted by molar-refractivity contribution is 5.22. The van der Waals surface area contributed by atoms with E-state index in [2.05, 4.69) is 11.8 Å². The van der Waals surface area contributed by atoms with E-state index >= 15 is 0 Å². The van der Waals surface area contributed by atoms with Gasteiger partial charge in [0.05, 0.1) is 0 Å². The molecule has 2 N–H and O–H groups in total. The summed E-state index contributed by atoms with van der Waals surface area (Å²) in [6.07, 6.45) is 3.45. The standard InChI is InChI=1S/C15H22F2N2/c1-11-3-2-5-19(6-4-11)15(10-18)12-7-13(16)9-14(17)8-12/h7-9,11,15H,2-6,10,18H2,1H3. The van der Waals surface area contributed by atoms with Crippen LogP contribution in [0.4, 0.5) is 8.78 Å². The molecule has 0 spiro atoms. The van der Waals surface area contributed by atoms with Crippen LogP contribution in [0.3, 0.4) is 0 Å². The van der Waals surface area contributed by atoms with Gasteiger partial charge in [-0.2, -0.15) is 0 Å². The van der Waals surface area contributed by atoms with E-state index in [4.69, 9.17) is 5.73 Å². The number of halogens is 2. The molecule has 0 radical (unpaired) electrons. The minimum atomic E-state index is -0.531. The van der Waals surface area contributed by atoms with Gasteiger partial charge >= 0.3 is 0 Å². The fourth-order valence-corrected chi connectivity index (χ4v) is 2.86. The summed E-state index contributed by atoms with van der Waals surface area (Å²) < 4.78 is 26.7. The molecule has 0 aromatic heterocycles.